The Bertz CT molecular complexity index is 2740. The van der Waals surface area contributed by atoms with E-state index in [4.69, 9.17) is 4.42 Å². The Balaban J connectivity index is 1.23. The van der Waals surface area contributed by atoms with Gasteiger partial charge in [-0.15, -0.1) is 0 Å². The normalized spacial score (nSPS) is 12.0. The largest absolute Gasteiger partial charge is 0.456 e. The van der Waals surface area contributed by atoms with Gasteiger partial charge in [-0.25, -0.2) is 0 Å². The maximum atomic E-state index is 6.18. The Morgan fingerprint density at radius 3 is 1.53 bits per heavy atom. The third-order valence-corrected chi connectivity index (χ3v) is 9.33. The van der Waals surface area contributed by atoms with Gasteiger partial charge in [0.1, 0.15) is 11.2 Å². The summed E-state index contributed by atoms with van der Waals surface area (Å²) in [5.74, 6) is 0. The molecular formula is C42H26N2O. The van der Waals surface area contributed by atoms with Gasteiger partial charge in [0, 0.05) is 43.7 Å². The molecular weight excluding hydrogens is 548 g/mol. The monoisotopic (exact) mass is 574 g/mol. The van der Waals surface area contributed by atoms with Crippen LogP contribution in [0.4, 0.5) is 0 Å². The molecule has 0 unspecified atom stereocenters. The van der Waals surface area contributed by atoms with Gasteiger partial charge in [0.15, 0.2) is 0 Å². The van der Waals surface area contributed by atoms with E-state index in [-0.39, 0.29) is 0 Å². The van der Waals surface area contributed by atoms with Crippen molar-refractivity contribution in [2.24, 2.45) is 0 Å². The summed E-state index contributed by atoms with van der Waals surface area (Å²) in [7, 11) is 0. The Morgan fingerprint density at radius 1 is 0.333 bits per heavy atom. The highest BCUT2D eigenvalue weighted by Gasteiger charge is 2.20. The summed E-state index contributed by atoms with van der Waals surface area (Å²) >= 11 is 0. The molecule has 7 aromatic carbocycles. The first-order valence-corrected chi connectivity index (χ1v) is 15.4. The zero-order chi connectivity index (χ0) is 29.5. The van der Waals surface area contributed by atoms with Crippen molar-refractivity contribution < 1.29 is 4.42 Å². The highest BCUT2D eigenvalue weighted by atomic mass is 16.3. The van der Waals surface area contributed by atoms with Gasteiger partial charge in [-0.3, -0.25) is 0 Å². The van der Waals surface area contributed by atoms with E-state index in [1.165, 1.54) is 60.4 Å². The van der Waals surface area contributed by atoms with Crippen molar-refractivity contribution in [1.82, 2.24) is 9.13 Å². The molecule has 0 N–H and O–H groups in total. The minimum absolute atomic E-state index is 0.916. The molecule has 3 heteroatoms. The van der Waals surface area contributed by atoms with E-state index >= 15 is 0 Å². The molecule has 0 aliphatic heterocycles. The van der Waals surface area contributed by atoms with E-state index < -0.39 is 0 Å². The topological polar surface area (TPSA) is 23.0 Å². The fourth-order valence-corrected chi connectivity index (χ4v) is 7.46. The van der Waals surface area contributed by atoms with Crippen molar-refractivity contribution in [3.05, 3.63) is 158 Å². The maximum absolute atomic E-state index is 6.18. The SMILES string of the molecule is c1ccc(-n2c3ccccc3c3c4c5ccccc5n(-c5ccc(-c6cccc7oc8ccccc8c67)cc5)c4ccc32)cc1. The molecule has 10 rings (SSSR count). The lowest BCUT2D eigenvalue weighted by Crippen LogP contribution is -1.94. The van der Waals surface area contributed by atoms with Crippen LogP contribution in [0.5, 0.6) is 0 Å². The molecule has 0 saturated heterocycles. The third-order valence-electron chi connectivity index (χ3n) is 9.33. The maximum Gasteiger partial charge on any atom is 0.136 e. The van der Waals surface area contributed by atoms with E-state index in [0.717, 1.165) is 27.6 Å². The van der Waals surface area contributed by atoms with Crippen molar-refractivity contribution in [1.29, 1.82) is 0 Å². The Labute approximate surface area is 258 Å². The van der Waals surface area contributed by atoms with Gasteiger partial charge < -0.3 is 13.6 Å². The van der Waals surface area contributed by atoms with Crippen molar-refractivity contribution in [2.45, 2.75) is 0 Å². The van der Waals surface area contributed by atoms with Crippen LogP contribution in [-0.2, 0) is 0 Å². The smallest absolute Gasteiger partial charge is 0.136 e. The van der Waals surface area contributed by atoms with Gasteiger partial charge in [0.05, 0.1) is 22.1 Å². The van der Waals surface area contributed by atoms with E-state index in [9.17, 15) is 0 Å². The van der Waals surface area contributed by atoms with E-state index in [2.05, 4.69) is 155 Å². The number of aromatic nitrogens is 2. The van der Waals surface area contributed by atoms with Crippen LogP contribution in [0.15, 0.2) is 162 Å². The summed E-state index contributed by atoms with van der Waals surface area (Å²) in [6.45, 7) is 0. The molecule has 0 radical (unpaired) electrons. The van der Waals surface area contributed by atoms with Crippen LogP contribution in [0.3, 0.4) is 0 Å². The van der Waals surface area contributed by atoms with Crippen molar-refractivity contribution in [3.63, 3.8) is 0 Å². The molecule has 0 bridgehead atoms. The number of furan rings is 1. The van der Waals surface area contributed by atoms with Crippen LogP contribution in [0, 0.1) is 0 Å². The van der Waals surface area contributed by atoms with Crippen LogP contribution in [0.1, 0.15) is 0 Å². The molecule has 0 spiro atoms. The molecule has 10 aromatic rings. The summed E-state index contributed by atoms with van der Waals surface area (Å²) < 4.78 is 11.0. The van der Waals surface area contributed by atoms with Gasteiger partial charge in [0.2, 0.25) is 0 Å². The molecule has 0 fully saturated rings. The molecule has 45 heavy (non-hydrogen) atoms. The first-order valence-electron chi connectivity index (χ1n) is 15.4. The molecule has 0 aliphatic carbocycles. The van der Waals surface area contributed by atoms with Gasteiger partial charge in [0.25, 0.3) is 0 Å². The van der Waals surface area contributed by atoms with Crippen molar-refractivity contribution >= 4 is 65.6 Å². The van der Waals surface area contributed by atoms with Crippen LogP contribution in [0.25, 0.3) is 88.1 Å². The fourth-order valence-electron chi connectivity index (χ4n) is 7.46. The molecule has 0 amide bonds. The predicted molar refractivity (Wildman–Crippen MR) is 188 cm³/mol. The first-order chi connectivity index (χ1) is 22.3. The Hall–Kier alpha value is -6.06. The lowest BCUT2D eigenvalue weighted by atomic mass is 9.99. The molecule has 0 atom stereocenters. The Kier molecular flexibility index (Phi) is 5.00. The molecule has 3 heterocycles. The number of hydrogen-bond acceptors (Lipinski definition) is 1. The highest BCUT2D eigenvalue weighted by molar-refractivity contribution is 6.29. The predicted octanol–water partition coefficient (Wildman–Crippen LogP) is 11.4. The number of benzene rings is 7. The summed E-state index contributed by atoms with van der Waals surface area (Å²) in [4.78, 5) is 0. The summed E-state index contributed by atoms with van der Waals surface area (Å²) in [5, 5.41) is 7.40. The third kappa shape index (κ3) is 3.41. The minimum Gasteiger partial charge on any atom is -0.456 e. The number of fused-ring (bicyclic) bond motifs is 10. The van der Waals surface area contributed by atoms with Crippen LogP contribution in [-0.4, -0.2) is 9.13 Å². The molecule has 0 saturated carbocycles. The van der Waals surface area contributed by atoms with Crippen LogP contribution in [0.2, 0.25) is 0 Å². The minimum atomic E-state index is 0.916. The van der Waals surface area contributed by atoms with Crippen molar-refractivity contribution in [3.8, 4) is 22.5 Å². The second-order valence-electron chi connectivity index (χ2n) is 11.7. The number of hydrogen-bond donors (Lipinski definition) is 0. The zero-order valence-electron chi connectivity index (χ0n) is 24.3. The lowest BCUT2D eigenvalue weighted by Gasteiger charge is -2.11. The number of nitrogens with zero attached hydrogens (tertiary/aromatic N) is 2. The van der Waals surface area contributed by atoms with E-state index in [0.29, 0.717) is 0 Å². The number of rotatable bonds is 3. The average molecular weight is 575 g/mol. The fraction of sp³-hybridized carbons (Fsp3) is 0. The summed E-state index contributed by atoms with van der Waals surface area (Å²) in [6, 6.07) is 56.4. The first kappa shape index (κ1) is 24.4. The molecule has 0 aliphatic rings. The van der Waals surface area contributed by atoms with Crippen LogP contribution < -0.4 is 0 Å². The molecule has 3 aromatic heterocycles. The highest BCUT2D eigenvalue weighted by Crippen LogP contribution is 2.43. The standard InChI is InChI=1S/C42H26N2O/c1-2-11-28(12-3-1)43-34-17-7-4-13-31(34)41-36(43)25-26-37-42(41)32-14-5-8-18-35(32)44(37)29-23-21-27(22-24-29)30-16-10-20-39-40(30)33-15-6-9-19-38(33)45-39/h1-26H. The van der Waals surface area contributed by atoms with Crippen LogP contribution >= 0.6 is 0 Å². The molecule has 210 valence electrons. The van der Waals surface area contributed by atoms with Gasteiger partial charge >= 0.3 is 0 Å². The molecule has 3 nitrogen and oxygen atoms in total. The van der Waals surface area contributed by atoms with Gasteiger partial charge in [-0.2, -0.15) is 0 Å². The average Bonchev–Trinajstić information content (AvgIpc) is 3.76. The summed E-state index contributed by atoms with van der Waals surface area (Å²) in [6.07, 6.45) is 0. The second kappa shape index (κ2) is 9.22. The Morgan fingerprint density at radius 2 is 0.867 bits per heavy atom. The van der Waals surface area contributed by atoms with Gasteiger partial charge in [-0.1, -0.05) is 97.1 Å². The quantitative estimate of drug-likeness (QED) is 0.206. The van der Waals surface area contributed by atoms with Gasteiger partial charge in [-0.05, 0) is 71.8 Å². The van der Waals surface area contributed by atoms with E-state index in [1.54, 1.807) is 0 Å². The number of para-hydroxylation sites is 4. The zero-order valence-corrected chi connectivity index (χ0v) is 24.3. The summed E-state index contributed by atoms with van der Waals surface area (Å²) in [5.41, 5.74) is 11.3. The second-order valence-corrected chi connectivity index (χ2v) is 11.7. The van der Waals surface area contributed by atoms with Crippen molar-refractivity contribution in [2.75, 3.05) is 0 Å². The van der Waals surface area contributed by atoms with E-state index in [1.807, 2.05) is 12.1 Å². The lowest BCUT2D eigenvalue weighted by molar-refractivity contribution is 0.669.